The van der Waals surface area contributed by atoms with E-state index in [0.29, 0.717) is 6.04 Å². The van der Waals surface area contributed by atoms with Crippen LogP contribution in [0.25, 0.3) is 0 Å². The molecule has 1 atom stereocenters. The number of aryl methyl sites for hydroxylation is 1. The summed E-state index contributed by atoms with van der Waals surface area (Å²) in [6.45, 7) is 4.75. The second-order valence-electron chi connectivity index (χ2n) is 5.71. The third kappa shape index (κ3) is 2.28. The number of anilines is 1. The zero-order valence-corrected chi connectivity index (χ0v) is 12.2. The van der Waals surface area contributed by atoms with Gasteiger partial charge in [0.05, 0.1) is 5.69 Å². The summed E-state index contributed by atoms with van der Waals surface area (Å²) in [5.41, 5.74) is 1.36. The highest BCUT2D eigenvalue weighted by atomic mass is 32.1. The van der Waals surface area contributed by atoms with Gasteiger partial charge < -0.3 is 10.2 Å². The average molecular weight is 265 g/mol. The van der Waals surface area contributed by atoms with Gasteiger partial charge in [-0.05, 0) is 45.1 Å². The van der Waals surface area contributed by atoms with E-state index in [1.807, 2.05) is 11.3 Å². The first-order valence-corrected chi connectivity index (χ1v) is 8.01. The van der Waals surface area contributed by atoms with Crippen molar-refractivity contribution in [3.63, 3.8) is 0 Å². The van der Waals surface area contributed by atoms with Crippen LogP contribution >= 0.6 is 11.3 Å². The molecule has 0 amide bonds. The molecule has 0 bridgehead atoms. The summed E-state index contributed by atoms with van der Waals surface area (Å²) in [6, 6.07) is 0.545. The number of nitrogens with zero attached hydrogens (tertiary/aromatic N) is 2. The van der Waals surface area contributed by atoms with E-state index in [-0.39, 0.29) is 0 Å². The van der Waals surface area contributed by atoms with Crippen LogP contribution in [-0.2, 0) is 6.42 Å². The van der Waals surface area contributed by atoms with E-state index in [1.165, 1.54) is 60.9 Å². The molecule has 18 heavy (non-hydrogen) atoms. The Labute approximate surface area is 114 Å². The van der Waals surface area contributed by atoms with Gasteiger partial charge in [0.25, 0.3) is 0 Å². The maximum absolute atomic E-state index is 4.90. The van der Waals surface area contributed by atoms with Crippen LogP contribution < -0.4 is 10.2 Å². The fraction of sp³-hybridized carbons (Fsp3) is 0.786. The highest BCUT2D eigenvalue weighted by molar-refractivity contribution is 7.15. The highest BCUT2D eigenvalue weighted by Crippen LogP contribution is 2.38. The van der Waals surface area contributed by atoms with Gasteiger partial charge in [-0.2, -0.15) is 0 Å². The molecule has 0 radical (unpaired) electrons. The van der Waals surface area contributed by atoms with Crippen molar-refractivity contribution >= 4 is 16.5 Å². The van der Waals surface area contributed by atoms with Gasteiger partial charge in [0, 0.05) is 24.0 Å². The first-order valence-electron chi connectivity index (χ1n) is 7.19. The number of nitrogens with one attached hydrogen (secondary N) is 1. The van der Waals surface area contributed by atoms with Crippen LogP contribution in [0, 0.1) is 5.92 Å². The summed E-state index contributed by atoms with van der Waals surface area (Å²) in [7, 11) is 2.07. The van der Waals surface area contributed by atoms with Gasteiger partial charge in [-0.1, -0.05) is 18.3 Å². The van der Waals surface area contributed by atoms with Crippen molar-refractivity contribution in [2.75, 3.05) is 25.0 Å². The quantitative estimate of drug-likeness (QED) is 0.891. The van der Waals surface area contributed by atoms with E-state index in [0.717, 1.165) is 5.92 Å². The minimum absolute atomic E-state index is 0.545. The zero-order valence-electron chi connectivity index (χ0n) is 11.4. The third-order valence-electron chi connectivity index (χ3n) is 4.34. The predicted molar refractivity (Wildman–Crippen MR) is 77.5 cm³/mol. The normalized spacial score (nSPS) is 25.2. The van der Waals surface area contributed by atoms with Gasteiger partial charge in [-0.25, -0.2) is 4.98 Å². The summed E-state index contributed by atoms with van der Waals surface area (Å²) in [6.07, 6.45) is 6.36. The molecule has 0 saturated carbocycles. The molecule has 1 N–H and O–H groups in total. The van der Waals surface area contributed by atoms with Gasteiger partial charge >= 0.3 is 0 Å². The van der Waals surface area contributed by atoms with Crippen LogP contribution in [0.4, 0.5) is 5.13 Å². The molecule has 0 spiro atoms. The lowest BCUT2D eigenvalue weighted by Crippen LogP contribution is -2.32. The summed E-state index contributed by atoms with van der Waals surface area (Å²) in [5, 5.41) is 4.71. The molecule has 1 aliphatic carbocycles. The Hall–Kier alpha value is -0.610. The highest BCUT2D eigenvalue weighted by Gasteiger charge is 2.26. The minimum Gasteiger partial charge on any atom is -0.348 e. The summed E-state index contributed by atoms with van der Waals surface area (Å²) in [4.78, 5) is 8.90. The van der Waals surface area contributed by atoms with Gasteiger partial charge in [0.1, 0.15) is 0 Å². The smallest absolute Gasteiger partial charge is 0.185 e. The Morgan fingerprint density at radius 1 is 1.28 bits per heavy atom. The molecule has 1 fully saturated rings. The van der Waals surface area contributed by atoms with Crippen LogP contribution in [0.3, 0.4) is 0 Å². The van der Waals surface area contributed by atoms with E-state index < -0.39 is 0 Å². The van der Waals surface area contributed by atoms with Gasteiger partial charge in [-0.3, -0.25) is 0 Å². The molecule has 1 aromatic rings. The van der Waals surface area contributed by atoms with Crippen LogP contribution in [0.2, 0.25) is 0 Å². The standard InChI is InChI=1S/C14H23N3S/c1-10-6-8-17(9-7-10)14-16-12-5-3-4-11(15-2)13(12)18-14/h10-11,15H,3-9H2,1-2H3. The second kappa shape index (κ2) is 5.17. The van der Waals surface area contributed by atoms with Crippen molar-refractivity contribution in [2.24, 2.45) is 5.92 Å². The van der Waals surface area contributed by atoms with E-state index in [4.69, 9.17) is 4.98 Å². The van der Waals surface area contributed by atoms with Crippen molar-refractivity contribution in [3.05, 3.63) is 10.6 Å². The number of rotatable bonds is 2. The molecule has 4 heteroatoms. The third-order valence-corrected chi connectivity index (χ3v) is 5.61. The van der Waals surface area contributed by atoms with Crippen molar-refractivity contribution in [2.45, 2.75) is 45.1 Å². The van der Waals surface area contributed by atoms with Gasteiger partial charge in [-0.15, -0.1) is 0 Å². The lowest BCUT2D eigenvalue weighted by Gasteiger charge is -2.29. The fourth-order valence-corrected chi connectivity index (χ4v) is 4.32. The lowest BCUT2D eigenvalue weighted by molar-refractivity contribution is 0.438. The van der Waals surface area contributed by atoms with Crippen molar-refractivity contribution in [1.82, 2.24) is 10.3 Å². The zero-order chi connectivity index (χ0) is 12.5. The molecule has 2 aliphatic rings. The number of hydrogen-bond acceptors (Lipinski definition) is 4. The molecular weight excluding hydrogens is 242 g/mol. The predicted octanol–water partition coefficient (Wildman–Crippen LogP) is 2.98. The first kappa shape index (κ1) is 12.4. The van der Waals surface area contributed by atoms with Gasteiger partial charge in [0.15, 0.2) is 5.13 Å². The molecule has 2 heterocycles. The molecular formula is C14H23N3S. The largest absolute Gasteiger partial charge is 0.348 e. The van der Waals surface area contributed by atoms with E-state index >= 15 is 0 Å². The first-order chi connectivity index (χ1) is 8.78. The average Bonchev–Trinajstić information content (AvgIpc) is 2.83. The molecule has 3 nitrogen and oxygen atoms in total. The van der Waals surface area contributed by atoms with E-state index in [9.17, 15) is 0 Å². The number of piperidine rings is 1. The molecule has 1 saturated heterocycles. The van der Waals surface area contributed by atoms with Crippen LogP contribution in [0.15, 0.2) is 0 Å². The van der Waals surface area contributed by atoms with Gasteiger partial charge in [0.2, 0.25) is 0 Å². The topological polar surface area (TPSA) is 28.2 Å². The summed E-state index contributed by atoms with van der Waals surface area (Å²) >= 11 is 1.93. The maximum atomic E-state index is 4.90. The summed E-state index contributed by atoms with van der Waals surface area (Å²) in [5.74, 6) is 0.890. The number of aromatic nitrogens is 1. The molecule has 1 aromatic heterocycles. The molecule has 3 rings (SSSR count). The number of thiazole rings is 1. The van der Waals surface area contributed by atoms with E-state index in [2.05, 4.69) is 24.2 Å². The Morgan fingerprint density at radius 2 is 2.06 bits per heavy atom. The summed E-state index contributed by atoms with van der Waals surface area (Å²) < 4.78 is 0. The Morgan fingerprint density at radius 3 is 2.78 bits per heavy atom. The molecule has 1 unspecified atom stereocenters. The van der Waals surface area contributed by atoms with Crippen molar-refractivity contribution in [1.29, 1.82) is 0 Å². The van der Waals surface area contributed by atoms with Crippen LogP contribution in [0.5, 0.6) is 0 Å². The minimum atomic E-state index is 0.545. The fourth-order valence-electron chi connectivity index (χ4n) is 3.02. The van der Waals surface area contributed by atoms with E-state index in [1.54, 1.807) is 0 Å². The Balaban J connectivity index is 1.80. The molecule has 0 aromatic carbocycles. The molecule has 1 aliphatic heterocycles. The number of fused-ring (bicyclic) bond motifs is 1. The van der Waals surface area contributed by atoms with Crippen molar-refractivity contribution < 1.29 is 0 Å². The Kier molecular flexibility index (Phi) is 3.57. The van der Waals surface area contributed by atoms with Crippen LogP contribution in [0.1, 0.15) is 49.2 Å². The Bertz CT molecular complexity index is 407. The maximum Gasteiger partial charge on any atom is 0.185 e. The number of hydrogen-bond donors (Lipinski definition) is 1. The second-order valence-corrected chi connectivity index (χ2v) is 6.72. The SMILES string of the molecule is CNC1CCCc2nc(N3CCC(C)CC3)sc21. The monoisotopic (exact) mass is 265 g/mol. The molecule has 100 valence electrons. The lowest BCUT2D eigenvalue weighted by atomic mass is 9.98. The van der Waals surface area contributed by atoms with Crippen LogP contribution in [-0.4, -0.2) is 25.1 Å². The van der Waals surface area contributed by atoms with Crippen molar-refractivity contribution in [3.8, 4) is 0 Å².